The number of nitrogens with zero attached hydrogens (tertiary/aromatic N) is 2. The Balaban J connectivity index is 1.78. The molecule has 3 heteroatoms. The van der Waals surface area contributed by atoms with Crippen LogP contribution in [0.5, 0.6) is 5.75 Å². The van der Waals surface area contributed by atoms with Crippen molar-refractivity contribution in [3.63, 3.8) is 0 Å². The van der Waals surface area contributed by atoms with Gasteiger partial charge in [-0.3, -0.25) is 4.99 Å². The molecule has 0 aliphatic carbocycles. The highest BCUT2D eigenvalue weighted by molar-refractivity contribution is 5.91. The molecule has 0 fully saturated rings. The lowest BCUT2D eigenvalue weighted by molar-refractivity contribution is 0.452. The number of aliphatic imine (C=N–C) groups is 1. The molecule has 0 spiro atoms. The van der Waals surface area contributed by atoms with Gasteiger partial charge >= 0.3 is 0 Å². The summed E-state index contributed by atoms with van der Waals surface area (Å²) in [5, 5.41) is 11.3. The van der Waals surface area contributed by atoms with Gasteiger partial charge < -0.3 is 10.0 Å². The third kappa shape index (κ3) is 4.60. The highest BCUT2D eigenvalue weighted by Crippen LogP contribution is 2.40. The molecule has 4 rings (SSSR count). The number of anilines is 1. The maximum absolute atomic E-state index is 11.3. The van der Waals surface area contributed by atoms with Crippen LogP contribution in [0.1, 0.15) is 36.1 Å². The Hall–Kier alpha value is -3.85. The Morgan fingerprint density at radius 2 is 1.41 bits per heavy atom. The molecule has 34 heavy (non-hydrogen) atoms. The summed E-state index contributed by atoms with van der Waals surface area (Å²) >= 11 is 0. The van der Waals surface area contributed by atoms with Crippen molar-refractivity contribution in [2.45, 2.75) is 26.2 Å². The normalized spacial score (nSPS) is 11.7. The summed E-state index contributed by atoms with van der Waals surface area (Å²) in [5.41, 5.74) is 7.69. The molecule has 0 bridgehead atoms. The standard InChI is InChI=1S/C31H32N2O/c1-22-19-23(30(34)27(20-22)31(2,3)24-13-7-6-8-14-24)21-32-28-17-11-9-15-25(28)26-16-10-12-18-29(26)33(4)5/h6-21,34H,1-5H3/b32-21+. The molecule has 0 saturated carbocycles. The molecule has 0 amide bonds. The Labute approximate surface area is 203 Å². The van der Waals surface area contributed by atoms with Crippen LogP contribution in [0.3, 0.4) is 0 Å². The van der Waals surface area contributed by atoms with E-state index in [0.717, 1.165) is 44.8 Å². The van der Waals surface area contributed by atoms with E-state index in [4.69, 9.17) is 4.99 Å². The van der Waals surface area contributed by atoms with E-state index < -0.39 is 0 Å². The van der Waals surface area contributed by atoms with Crippen LogP contribution in [0.15, 0.2) is 96.0 Å². The van der Waals surface area contributed by atoms with Crippen LogP contribution in [-0.2, 0) is 5.41 Å². The number of para-hydroxylation sites is 2. The van der Waals surface area contributed by atoms with Gasteiger partial charge in [0.25, 0.3) is 0 Å². The van der Waals surface area contributed by atoms with E-state index >= 15 is 0 Å². The van der Waals surface area contributed by atoms with Crippen molar-refractivity contribution in [3.05, 3.63) is 113 Å². The molecular formula is C31H32N2O. The topological polar surface area (TPSA) is 35.8 Å². The lowest BCUT2D eigenvalue weighted by atomic mass is 9.76. The summed E-state index contributed by atoms with van der Waals surface area (Å²) in [6.07, 6.45) is 1.78. The van der Waals surface area contributed by atoms with E-state index in [-0.39, 0.29) is 11.2 Å². The summed E-state index contributed by atoms with van der Waals surface area (Å²) in [6, 6.07) is 30.8. The summed E-state index contributed by atoms with van der Waals surface area (Å²) in [4.78, 5) is 6.96. The fourth-order valence-electron chi connectivity index (χ4n) is 4.44. The molecule has 4 aromatic rings. The number of rotatable bonds is 6. The van der Waals surface area contributed by atoms with Gasteiger partial charge in [-0.05, 0) is 36.2 Å². The van der Waals surface area contributed by atoms with Gasteiger partial charge in [0, 0.05) is 53.7 Å². The summed E-state index contributed by atoms with van der Waals surface area (Å²) in [6.45, 7) is 6.35. The number of aromatic hydroxyl groups is 1. The highest BCUT2D eigenvalue weighted by Gasteiger charge is 2.27. The first-order chi connectivity index (χ1) is 16.3. The van der Waals surface area contributed by atoms with Crippen molar-refractivity contribution in [2.75, 3.05) is 19.0 Å². The zero-order valence-corrected chi connectivity index (χ0v) is 20.6. The van der Waals surface area contributed by atoms with Crippen molar-refractivity contribution >= 4 is 17.6 Å². The van der Waals surface area contributed by atoms with Crippen molar-refractivity contribution < 1.29 is 5.11 Å². The maximum Gasteiger partial charge on any atom is 0.128 e. The molecule has 0 heterocycles. The van der Waals surface area contributed by atoms with Crippen LogP contribution in [0.2, 0.25) is 0 Å². The molecular weight excluding hydrogens is 416 g/mol. The molecule has 0 saturated heterocycles. The van der Waals surface area contributed by atoms with Gasteiger partial charge in [0.1, 0.15) is 5.75 Å². The Kier molecular flexibility index (Phi) is 6.56. The van der Waals surface area contributed by atoms with Crippen LogP contribution in [0.4, 0.5) is 11.4 Å². The average Bonchev–Trinajstić information content (AvgIpc) is 2.85. The van der Waals surface area contributed by atoms with Crippen molar-refractivity contribution in [3.8, 4) is 16.9 Å². The van der Waals surface area contributed by atoms with Crippen LogP contribution >= 0.6 is 0 Å². The minimum Gasteiger partial charge on any atom is -0.507 e. The third-order valence-electron chi connectivity index (χ3n) is 6.38. The van der Waals surface area contributed by atoms with Gasteiger partial charge in [0.15, 0.2) is 0 Å². The van der Waals surface area contributed by atoms with E-state index in [9.17, 15) is 5.11 Å². The predicted molar refractivity (Wildman–Crippen MR) is 145 cm³/mol. The fourth-order valence-corrected chi connectivity index (χ4v) is 4.44. The van der Waals surface area contributed by atoms with E-state index in [0.29, 0.717) is 0 Å². The van der Waals surface area contributed by atoms with E-state index in [1.54, 1.807) is 6.21 Å². The highest BCUT2D eigenvalue weighted by atomic mass is 16.3. The SMILES string of the molecule is Cc1cc(/C=N/c2ccccc2-c2ccccc2N(C)C)c(O)c(C(C)(C)c2ccccc2)c1. The number of phenolic OH excluding ortho intramolecular Hbond substituents is 1. The van der Waals surface area contributed by atoms with Gasteiger partial charge in [-0.15, -0.1) is 0 Å². The second kappa shape index (κ2) is 9.56. The van der Waals surface area contributed by atoms with Crippen molar-refractivity contribution in [1.29, 1.82) is 0 Å². The minimum atomic E-state index is -0.345. The summed E-state index contributed by atoms with van der Waals surface area (Å²) in [7, 11) is 4.09. The van der Waals surface area contributed by atoms with Gasteiger partial charge in [0.05, 0.1) is 5.69 Å². The van der Waals surface area contributed by atoms with Crippen LogP contribution in [0, 0.1) is 6.92 Å². The molecule has 3 nitrogen and oxygen atoms in total. The van der Waals surface area contributed by atoms with E-state index in [2.05, 4.69) is 62.1 Å². The Morgan fingerprint density at radius 3 is 2.12 bits per heavy atom. The van der Waals surface area contributed by atoms with Crippen LogP contribution in [0.25, 0.3) is 11.1 Å². The van der Waals surface area contributed by atoms with Crippen LogP contribution < -0.4 is 4.90 Å². The first kappa shape index (κ1) is 23.3. The van der Waals surface area contributed by atoms with Gasteiger partial charge in [-0.25, -0.2) is 0 Å². The summed E-state index contributed by atoms with van der Waals surface area (Å²) < 4.78 is 0. The molecule has 0 atom stereocenters. The van der Waals surface area contributed by atoms with Crippen LogP contribution in [-0.4, -0.2) is 25.4 Å². The third-order valence-corrected chi connectivity index (χ3v) is 6.38. The van der Waals surface area contributed by atoms with Gasteiger partial charge in [0.2, 0.25) is 0 Å². The lowest BCUT2D eigenvalue weighted by Crippen LogP contribution is -2.19. The molecule has 0 unspecified atom stereocenters. The molecule has 1 N–H and O–H groups in total. The molecule has 0 aromatic heterocycles. The largest absolute Gasteiger partial charge is 0.507 e. The zero-order valence-electron chi connectivity index (χ0n) is 20.6. The number of benzene rings is 4. The second-order valence-electron chi connectivity index (χ2n) is 9.43. The van der Waals surface area contributed by atoms with E-state index in [1.807, 2.05) is 68.7 Å². The molecule has 0 aliphatic rings. The predicted octanol–water partition coefficient (Wildman–Crippen LogP) is 7.51. The monoisotopic (exact) mass is 448 g/mol. The smallest absolute Gasteiger partial charge is 0.128 e. The second-order valence-corrected chi connectivity index (χ2v) is 9.43. The first-order valence-electron chi connectivity index (χ1n) is 11.6. The van der Waals surface area contributed by atoms with Gasteiger partial charge in [-0.2, -0.15) is 0 Å². The quantitative estimate of drug-likeness (QED) is 0.310. The Bertz CT molecular complexity index is 1320. The Morgan fingerprint density at radius 1 is 0.794 bits per heavy atom. The van der Waals surface area contributed by atoms with Crippen molar-refractivity contribution in [2.24, 2.45) is 4.99 Å². The molecule has 0 radical (unpaired) electrons. The molecule has 4 aromatic carbocycles. The first-order valence-corrected chi connectivity index (χ1v) is 11.6. The lowest BCUT2D eigenvalue weighted by Gasteiger charge is -2.28. The molecule has 0 aliphatic heterocycles. The maximum atomic E-state index is 11.3. The summed E-state index contributed by atoms with van der Waals surface area (Å²) in [5.74, 6) is 0.273. The number of hydrogen-bond acceptors (Lipinski definition) is 3. The number of phenols is 1. The average molecular weight is 449 g/mol. The van der Waals surface area contributed by atoms with Crippen molar-refractivity contribution in [1.82, 2.24) is 0 Å². The number of aryl methyl sites for hydroxylation is 1. The van der Waals surface area contributed by atoms with Gasteiger partial charge in [-0.1, -0.05) is 86.6 Å². The minimum absolute atomic E-state index is 0.273. The zero-order chi connectivity index (χ0) is 24.3. The molecule has 172 valence electrons. The number of hydrogen-bond donors (Lipinski definition) is 1. The fraction of sp³-hybridized carbons (Fsp3) is 0.194. The van der Waals surface area contributed by atoms with E-state index in [1.165, 1.54) is 0 Å².